The van der Waals surface area contributed by atoms with Crippen molar-refractivity contribution >= 4 is 22.4 Å². The molecule has 128 valence electrons. The highest BCUT2D eigenvalue weighted by Crippen LogP contribution is 2.30. The molecular weight excluding hydrogens is 324 g/mol. The van der Waals surface area contributed by atoms with E-state index in [4.69, 9.17) is 4.42 Å². The van der Waals surface area contributed by atoms with Crippen LogP contribution in [0.1, 0.15) is 31.4 Å². The molecule has 6 nitrogen and oxygen atoms in total. The van der Waals surface area contributed by atoms with E-state index >= 15 is 0 Å². The number of nitrogens with zero attached hydrogens (tertiary/aromatic N) is 2. The number of carbonyl (C=O) groups is 1. The van der Waals surface area contributed by atoms with Crippen LogP contribution in [-0.4, -0.2) is 40.5 Å². The van der Waals surface area contributed by atoms with E-state index in [2.05, 4.69) is 20.5 Å². The lowest BCUT2D eigenvalue weighted by Gasteiger charge is -2.40. The second kappa shape index (κ2) is 6.57. The van der Waals surface area contributed by atoms with Gasteiger partial charge >= 0.3 is 0 Å². The summed E-state index contributed by atoms with van der Waals surface area (Å²) >= 11 is 1.54. The zero-order valence-electron chi connectivity index (χ0n) is 13.5. The number of rotatable bonds is 6. The molecule has 2 aliphatic rings. The number of hydrogen-bond acceptors (Lipinski definition) is 6. The van der Waals surface area contributed by atoms with Crippen LogP contribution in [-0.2, 0) is 11.3 Å². The summed E-state index contributed by atoms with van der Waals surface area (Å²) in [6.45, 7) is 2.51. The lowest BCUT2D eigenvalue weighted by molar-refractivity contribution is -0.127. The van der Waals surface area contributed by atoms with Gasteiger partial charge in [0, 0.05) is 30.7 Å². The Balaban J connectivity index is 1.44. The van der Waals surface area contributed by atoms with Crippen molar-refractivity contribution in [3.63, 3.8) is 0 Å². The predicted octanol–water partition coefficient (Wildman–Crippen LogP) is 2.46. The van der Waals surface area contributed by atoms with Gasteiger partial charge in [0.2, 0.25) is 5.91 Å². The highest BCUT2D eigenvalue weighted by Gasteiger charge is 2.43. The average Bonchev–Trinajstić information content (AvgIpc) is 3.03. The van der Waals surface area contributed by atoms with Gasteiger partial charge in [-0.3, -0.25) is 9.69 Å². The lowest BCUT2D eigenvalue weighted by atomic mass is 9.86. The molecule has 0 spiro atoms. The van der Waals surface area contributed by atoms with Crippen LogP contribution in [0.25, 0.3) is 0 Å². The number of thiazole rings is 1. The molecule has 2 fully saturated rings. The molecule has 1 saturated carbocycles. The van der Waals surface area contributed by atoms with Crippen LogP contribution >= 0.6 is 11.3 Å². The minimum absolute atomic E-state index is 0.123. The largest absolute Gasteiger partial charge is 0.468 e. The molecule has 1 saturated heterocycles. The number of amides is 1. The Morgan fingerprint density at radius 3 is 2.88 bits per heavy atom. The van der Waals surface area contributed by atoms with Crippen molar-refractivity contribution in [3.05, 3.63) is 35.7 Å². The number of hydrogen-bond donors (Lipinski definition) is 2. The third kappa shape index (κ3) is 3.47. The number of aromatic nitrogens is 1. The van der Waals surface area contributed by atoms with Gasteiger partial charge in [0.15, 0.2) is 5.13 Å². The Morgan fingerprint density at radius 1 is 1.42 bits per heavy atom. The van der Waals surface area contributed by atoms with Crippen molar-refractivity contribution in [1.29, 1.82) is 0 Å². The van der Waals surface area contributed by atoms with Crippen LogP contribution in [0.2, 0.25) is 0 Å². The summed E-state index contributed by atoms with van der Waals surface area (Å²) in [5.41, 5.74) is -0.555. The maximum Gasteiger partial charge on any atom is 0.246 e. The third-order valence-electron chi connectivity index (χ3n) is 4.79. The number of anilines is 1. The molecule has 1 aliphatic heterocycles. The Bertz CT molecular complexity index is 659. The number of likely N-dealkylation sites (tertiary alicyclic amines) is 1. The van der Waals surface area contributed by atoms with Crippen LogP contribution in [0.3, 0.4) is 0 Å². The van der Waals surface area contributed by atoms with Gasteiger partial charge in [0.1, 0.15) is 11.3 Å². The Hall–Kier alpha value is -1.86. The minimum atomic E-state index is -0.555. The normalized spacial score (nSPS) is 20.7. The standard InChI is InChI=1S/C17H22N4O2S/c22-15(19-13-3-4-13)17(20-16-18-7-11-24-16)5-8-21(9-6-17)12-14-2-1-10-23-14/h1-2,7,10-11,13H,3-6,8-9,12H2,(H,18,20)(H,19,22). The Morgan fingerprint density at radius 2 is 2.25 bits per heavy atom. The molecule has 2 aromatic rings. The molecule has 3 heterocycles. The average molecular weight is 346 g/mol. The molecule has 0 radical (unpaired) electrons. The second-order valence-electron chi connectivity index (χ2n) is 6.65. The van der Waals surface area contributed by atoms with Crippen LogP contribution in [0, 0.1) is 0 Å². The SMILES string of the molecule is O=C(NC1CC1)C1(Nc2nccs2)CCN(Cc2ccco2)CC1. The maximum absolute atomic E-state index is 12.9. The second-order valence-corrected chi connectivity index (χ2v) is 7.54. The van der Waals surface area contributed by atoms with Crippen LogP contribution < -0.4 is 10.6 Å². The molecule has 0 atom stereocenters. The van der Waals surface area contributed by atoms with E-state index in [-0.39, 0.29) is 5.91 Å². The van der Waals surface area contributed by atoms with Crippen LogP contribution in [0.15, 0.2) is 34.4 Å². The number of nitrogens with one attached hydrogen (secondary N) is 2. The minimum Gasteiger partial charge on any atom is -0.468 e. The van der Waals surface area contributed by atoms with Gasteiger partial charge in [0.05, 0.1) is 12.8 Å². The maximum atomic E-state index is 12.9. The van der Waals surface area contributed by atoms with Crippen molar-refractivity contribution in [2.75, 3.05) is 18.4 Å². The molecule has 0 aromatic carbocycles. The first-order valence-electron chi connectivity index (χ1n) is 8.47. The fraction of sp³-hybridized carbons (Fsp3) is 0.529. The van der Waals surface area contributed by atoms with Crippen molar-refractivity contribution in [3.8, 4) is 0 Å². The third-order valence-corrected chi connectivity index (χ3v) is 5.48. The fourth-order valence-corrected chi connectivity index (χ4v) is 3.79. The first-order valence-corrected chi connectivity index (χ1v) is 9.35. The van der Waals surface area contributed by atoms with E-state index in [0.29, 0.717) is 6.04 Å². The zero-order chi connectivity index (χ0) is 16.4. The monoisotopic (exact) mass is 346 g/mol. The molecule has 2 aromatic heterocycles. The van der Waals surface area contributed by atoms with Crippen molar-refractivity contribution in [2.45, 2.75) is 43.8 Å². The van der Waals surface area contributed by atoms with E-state index in [1.165, 1.54) is 0 Å². The van der Waals surface area contributed by atoms with Crippen molar-refractivity contribution < 1.29 is 9.21 Å². The van der Waals surface area contributed by atoms with Crippen LogP contribution in [0.4, 0.5) is 5.13 Å². The Kier molecular flexibility index (Phi) is 4.28. The molecule has 7 heteroatoms. The zero-order valence-corrected chi connectivity index (χ0v) is 14.3. The molecule has 1 amide bonds. The van der Waals surface area contributed by atoms with E-state index in [9.17, 15) is 4.79 Å². The first kappa shape index (κ1) is 15.7. The van der Waals surface area contributed by atoms with Crippen molar-refractivity contribution in [2.24, 2.45) is 0 Å². The van der Waals surface area contributed by atoms with E-state index in [0.717, 1.165) is 56.2 Å². The van der Waals surface area contributed by atoms with Gasteiger partial charge in [-0.2, -0.15) is 0 Å². The number of carbonyl (C=O) groups excluding carboxylic acids is 1. The quantitative estimate of drug-likeness (QED) is 0.841. The van der Waals surface area contributed by atoms with Crippen LogP contribution in [0.5, 0.6) is 0 Å². The van der Waals surface area contributed by atoms with Gasteiger partial charge < -0.3 is 15.1 Å². The molecule has 1 aliphatic carbocycles. The lowest BCUT2D eigenvalue weighted by Crippen LogP contribution is -2.58. The fourth-order valence-electron chi connectivity index (χ4n) is 3.17. The van der Waals surface area contributed by atoms with Gasteiger partial charge in [-0.1, -0.05) is 0 Å². The smallest absolute Gasteiger partial charge is 0.246 e. The molecule has 4 rings (SSSR count). The summed E-state index contributed by atoms with van der Waals surface area (Å²) in [6, 6.07) is 4.28. The summed E-state index contributed by atoms with van der Waals surface area (Å²) in [6.07, 6.45) is 7.22. The highest BCUT2D eigenvalue weighted by atomic mass is 32.1. The summed E-state index contributed by atoms with van der Waals surface area (Å²) in [5, 5.41) is 9.36. The molecule has 0 unspecified atom stereocenters. The predicted molar refractivity (Wildman–Crippen MR) is 92.9 cm³/mol. The molecule has 24 heavy (non-hydrogen) atoms. The molecular formula is C17H22N4O2S. The summed E-state index contributed by atoms with van der Waals surface area (Å²) < 4.78 is 5.44. The van der Waals surface area contributed by atoms with Gasteiger partial charge in [-0.25, -0.2) is 4.98 Å². The van der Waals surface area contributed by atoms with E-state index < -0.39 is 5.54 Å². The summed E-state index contributed by atoms with van der Waals surface area (Å²) in [7, 11) is 0. The van der Waals surface area contributed by atoms with Gasteiger partial charge in [0.25, 0.3) is 0 Å². The van der Waals surface area contributed by atoms with Crippen molar-refractivity contribution in [1.82, 2.24) is 15.2 Å². The summed E-state index contributed by atoms with van der Waals surface area (Å²) in [4.78, 5) is 19.5. The van der Waals surface area contributed by atoms with E-state index in [1.807, 2.05) is 17.5 Å². The highest BCUT2D eigenvalue weighted by molar-refractivity contribution is 7.13. The van der Waals surface area contributed by atoms with Gasteiger partial charge in [-0.15, -0.1) is 11.3 Å². The number of furan rings is 1. The first-order chi connectivity index (χ1) is 11.7. The molecule has 2 N–H and O–H groups in total. The Labute approximate surface area is 145 Å². The van der Waals surface area contributed by atoms with E-state index in [1.54, 1.807) is 23.8 Å². The number of piperidine rings is 1. The summed E-state index contributed by atoms with van der Waals surface area (Å²) in [5.74, 6) is 1.09. The molecule has 0 bridgehead atoms. The van der Waals surface area contributed by atoms with Gasteiger partial charge in [-0.05, 0) is 37.8 Å². The topological polar surface area (TPSA) is 70.4 Å².